The van der Waals surface area contributed by atoms with Crippen molar-refractivity contribution >= 4 is 0 Å². The van der Waals surface area contributed by atoms with E-state index in [2.05, 4.69) is 0 Å². The van der Waals surface area contributed by atoms with Crippen LogP contribution in [0.1, 0.15) is 51.2 Å². The Balaban J connectivity index is 1.74. The molecule has 3 nitrogen and oxygen atoms in total. The van der Waals surface area contributed by atoms with Crippen molar-refractivity contribution in [1.82, 2.24) is 0 Å². The highest BCUT2D eigenvalue weighted by atomic mass is 16.5. The molecule has 104 valence electrons. The minimum absolute atomic E-state index is 0.320. The highest BCUT2D eigenvalue weighted by Crippen LogP contribution is 2.41. The van der Waals surface area contributed by atoms with Crippen molar-refractivity contribution in [2.75, 3.05) is 6.61 Å². The summed E-state index contributed by atoms with van der Waals surface area (Å²) >= 11 is 0. The first-order chi connectivity index (χ1) is 9.03. The zero-order valence-corrected chi connectivity index (χ0v) is 11.7. The van der Waals surface area contributed by atoms with E-state index in [1.807, 2.05) is 32.0 Å². The third-order valence-electron chi connectivity index (χ3n) is 4.13. The van der Waals surface area contributed by atoms with Crippen molar-refractivity contribution in [2.24, 2.45) is 5.92 Å². The molecule has 19 heavy (non-hydrogen) atoms. The van der Waals surface area contributed by atoms with Gasteiger partial charge < -0.3 is 14.6 Å². The van der Waals surface area contributed by atoms with Crippen molar-refractivity contribution in [3.8, 4) is 11.5 Å². The topological polar surface area (TPSA) is 38.7 Å². The Morgan fingerprint density at radius 2 is 2.16 bits per heavy atom. The van der Waals surface area contributed by atoms with Crippen LogP contribution in [0, 0.1) is 5.92 Å². The second kappa shape index (κ2) is 4.71. The standard InChI is InChI=1S/C16H22O3/c1-16(2)9-14(17)13-7-6-12(8-15(13)19-16)18-10-11-4-3-5-11/h6-8,11,14,17H,3-5,9-10H2,1-2H3. The molecule has 0 bridgehead atoms. The van der Waals surface area contributed by atoms with E-state index in [0.717, 1.165) is 29.6 Å². The van der Waals surface area contributed by atoms with Gasteiger partial charge in [-0.05, 0) is 44.7 Å². The maximum atomic E-state index is 10.1. The maximum absolute atomic E-state index is 10.1. The lowest BCUT2D eigenvalue weighted by molar-refractivity contribution is 0.0112. The third kappa shape index (κ3) is 2.71. The minimum Gasteiger partial charge on any atom is -0.493 e. The van der Waals surface area contributed by atoms with Gasteiger partial charge in [0.2, 0.25) is 0 Å². The van der Waals surface area contributed by atoms with Crippen LogP contribution in [0.3, 0.4) is 0 Å². The molecule has 1 saturated carbocycles. The first-order valence-electron chi connectivity index (χ1n) is 7.17. The Labute approximate surface area is 114 Å². The molecule has 1 aliphatic heterocycles. The fourth-order valence-electron chi connectivity index (χ4n) is 2.76. The van der Waals surface area contributed by atoms with Gasteiger partial charge in [0.05, 0.1) is 12.7 Å². The number of rotatable bonds is 3. The van der Waals surface area contributed by atoms with E-state index in [9.17, 15) is 5.11 Å². The van der Waals surface area contributed by atoms with E-state index in [-0.39, 0.29) is 5.60 Å². The van der Waals surface area contributed by atoms with Crippen LogP contribution < -0.4 is 9.47 Å². The Kier molecular flexibility index (Phi) is 3.17. The van der Waals surface area contributed by atoms with Gasteiger partial charge in [0, 0.05) is 18.1 Å². The van der Waals surface area contributed by atoms with Gasteiger partial charge >= 0.3 is 0 Å². The second-order valence-corrected chi connectivity index (χ2v) is 6.39. The summed E-state index contributed by atoms with van der Waals surface area (Å²) in [4.78, 5) is 0. The molecule has 2 aliphatic rings. The summed E-state index contributed by atoms with van der Waals surface area (Å²) in [6.07, 6.45) is 4.09. The van der Waals surface area contributed by atoms with Crippen LogP contribution in [0.4, 0.5) is 0 Å². The molecule has 1 aromatic carbocycles. The van der Waals surface area contributed by atoms with Crippen molar-refractivity contribution < 1.29 is 14.6 Å². The summed E-state index contributed by atoms with van der Waals surface area (Å²) in [5, 5.41) is 10.1. The zero-order valence-electron chi connectivity index (χ0n) is 11.7. The highest BCUT2D eigenvalue weighted by Gasteiger charge is 2.32. The van der Waals surface area contributed by atoms with Crippen LogP contribution in [-0.2, 0) is 0 Å². The average Bonchev–Trinajstić information content (AvgIpc) is 2.24. The van der Waals surface area contributed by atoms with E-state index >= 15 is 0 Å². The summed E-state index contributed by atoms with van der Waals surface area (Å²) in [6, 6.07) is 5.77. The van der Waals surface area contributed by atoms with Crippen LogP contribution in [0.2, 0.25) is 0 Å². The largest absolute Gasteiger partial charge is 0.493 e. The normalized spacial score (nSPS) is 25.1. The van der Waals surface area contributed by atoms with Gasteiger partial charge in [0.1, 0.15) is 17.1 Å². The molecule has 1 atom stereocenters. The number of aliphatic hydroxyl groups excluding tert-OH is 1. The van der Waals surface area contributed by atoms with E-state index in [1.165, 1.54) is 19.3 Å². The summed E-state index contributed by atoms with van der Waals surface area (Å²) in [5.74, 6) is 2.32. The number of hydrogen-bond donors (Lipinski definition) is 1. The first kappa shape index (κ1) is 12.8. The van der Waals surface area contributed by atoms with Gasteiger partial charge in [-0.1, -0.05) is 6.42 Å². The predicted molar refractivity (Wildman–Crippen MR) is 73.6 cm³/mol. The van der Waals surface area contributed by atoms with E-state index in [0.29, 0.717) is 6.42 Å². The molecule has 1 heterocycles. The smallest absolute Gasteiger partial charge is 0.129 e. The maximum Gasteiger partial charge on any atom is 0.129 e. The SMILES string of the molecule is CC1(C)CC(O)c2ccc(OCC3CCC3)cc2O1. The summed E-state index contributed by atoms with van der Waals surface area (Å²) in [6.45, 7) is 4.80. The lowest BCUT2D eigenvalue weighted by Crippen LogP contribution is -2.34. The quantitative estimate of drug-likeness (QED) is 0.906. The van der Waals surface area contributed by atoms with Crippen molar-refractivity contribution in [3.05, 3.63) is 23.8 Å². The van der Waals surface area contributed by atoms with Crippen LogP contribution in [0.25, 0.3) is 0 Å². The van der Waals surface area contributed by atoms with Gasteiger partial charge in [0.15, 0.2) is 0 Å². The molecule has 3 heteroatoms. The van der Waals surface area contributed by atoms with E-state index < -0.39 is 6.10 Å². The molecule has 0 spiro atoms. The van der Waals surface area contributed by atoms with Crippen LogP contribution in [-0.4, -0.2) is 17.3 Å². The lowest BCUT2D eigenvalue weighted by Gasteiger charge is -2.35. The van der Waals surface area contributed by atoms with E-state index in [4.69, 9.17) is 9.47 Å². The average molecular weight is 262 g/mol. The molecular weight excluding hydrogens is 240 g/mol. The second-order valence-electron chi connectivity index (χ2n) is 6.39. The monoisotopic (exact) mass is 262 g/mol. The number of aliphatic hydroxyl groups is 1. The lowest BCUT2D eigenvalue weighted by atomic mass is 9.86. The molecule has 1 aromatic rings. The molecule has 1 aliphatic carbocycles. The van der Waals surface area contributed by atoms with Gasteiger partial charge in [-0.2, -0.15) is 0 Å². The molecular formula is C16H22O3. The van der Waals surface area contributed by atoms with Gasteiger partial charge in [-0.15, -0.1) is 0 Å². The van der Waals surface area contributed by atoms with Crippen LogP contribution >= 0.6 is 0 Å². The van der Waals surface area contributed by atoms with Crippen molar-refractivity contribution in [3.63, 3.8) is 0 Å². The molecule has 1 unspecified atom stereocenters. The number of fused-ring (bicyclic) bond motifs is 1. The van der Waals surface area contributed by atoms with Crippen molar-refractivity contribution in [2.45, 2.75) is 51.2 Å². The summed E-state index contributed by atoms with van der Waals surface area (Å²) < 4.78 is 11.8. The molecule has 0 aromatic heterocycles. The van der Waals surface area contributed by atoms with Gasteiger partial charge in [-0.25, -0.2) is 0 Å². The Morgan fingerprint density at radius 3 is 2.84 bits per heavy atom. The molecule has 0 radical (unpaired) electrons. The van der Waals surface area contributed by atoms with Crippen LogP contribution in [0.5, 0.6) is 11.5 Å². The minimum atomic E-state index is -0.445. The highest BCUT2D eigenvalue weighted by molar-refractivity contribution is 5.43. The molecule has 0 amide bonds. The molecule has 3 rings (SSSR count). The van der Waals surface area contributed by atoms with Gasteiger partial charge in [-0.3, -0.25) is 0 Å². The van der Waals surface area contributed by atoms with Gasteiger partial charge in [0.25, 0.3) is 0 Å². The Morgan fingerprint density at radius 1 is 1.37 bits per heavy atom. The molecule has 0 saturated heterocycles. The molecule has 1 fully saturated rings. The fraction of sp³-hybridized carbons (Fsp3) is 0.625. The first-order valence-corrected chi connectivity index (χ1v) is 7.17. The summed E-state index contributed by atoms with van der Waals surface area (Å²) in [5.41, 5.74) is 0.550. The zero-order chi connectivity index (χ0) is 13.5. The van der Waals surface area contributed by atoms with E-state index in [1.54, 1.807) is 0 Å². The molecule has 1 N–H and O–H groups in total. The number of ether oxygens (including phenoxy) is 2. The predicted octanol–water partition coefficient (Wildman–Crippen LogP) is 3.46. The third-order valence-corrected chi connectivity index (χ3v) is 4.13. The fourth-order valence-corrected chi connectivity index (χ4v) is 2.76. The Hall–Kier alpha value is -1.22. The summed E-state index contributed by atoms with van der Waals surface area (Å²) in [7, 11) is 0. The number of benzene rings is 1. The number of hydrogen-bond acceptors (Lipinski definition) is 3. The van der Waals surface area contributed by atoms with Crippen LogP contribution in [0.15, 0.2) is 18.2 Å². The van der Waals surface area contributed by atoms with Crippen molar-refractivity contribution in [1.29, 1.82) is 0 Å². The Bertz CT molecular complexity index is 463.